The summed E-state index contributed by atoms with van der Waals surface area (Å²) < 4.78 is 6.43. The zero-order chi connectivity index (χ0) is 20.0. The van der Waals surface area contributed by atoms with Crippen LogP contribution in [0.4, 0.5) is 5.69 Å². The van der Waals surface area contributed by atoms with Crippen LogP contribution in [0.25, 0.3) is 22.7 Å². The van der Waals surface area contributed by atoms with Gasteiger partial charge in [0.2, 0.25) is 11.6 Å². The zero-order valence-corrected chi connectivity index (χ0v) is 16.1. The molecule has 2 N–H and O–H groups in total. The van der Waals surface area contributed by atoms with Gasteiger partial charge in [-0.3, -0.25) is 10.1 Å². The number of nitro benzene ring substituents is 1. The fourth-order valence-electron chi connectivity index (χ4n) is 2.68. The maximum atomic E-state index is 12.3. The number of phenols is 2. The highest BCUT2D eigenvalue weighted by molar-refractivity contribution is 9.10. The summed E-state index contributed by atoms with van der Waals surface area (Å²) >= 11 is 3.26. The third-order valence-electron chi connectivity index (χ3n) is 4.45. The molecule has 0 amide bonds. The molecule has 9 nitrogen and oxygen atoms in total. The van der Waals surface area contributed by atoms with Crippen molar-refractivity contribution in [3.8, 4) is 34.2 Å². The van der Waals surface area contributed by atoms with Gasteiger partial charge < -0.3 is 19.8 Å². The van der Waals surface area contributed by atoms with Crippen LogP contribution in [0.3, 0.4) is 0 Å². The van der Waals surface area contributed by atoms with E-state index in [-0.39, 0.29) is 21.8 Å². The number of hydrogen-bond donors (Lipinski definition) is 2. The minimum absolute atomic E-state index is 0.136. The van der Waals surface area contributed by atoms with Crippen LogP contribution in [0.2, 0.25) is 0 Å². The highest BCUT2D eigenvalue weighted by Crippen LogP contribution is 2.40. The Morgan fingerprint density at radius 2 is 1.89 bits per heavy atom. The molecular weight excluding hydrogens is 422 g/mol. The van der Waals surface area contributed by atoms with Gasteiger partial charge in [0, 0.05) is 40.0 Å². The molecule has 3 aromatic rings. The molecule has 2 heterocycles. The molecular formula is C17H14BrN3O6. The molecule has 0 bridgehead atoms. The van der Waals surface area contributed by atoms with Crippen molar-refractivity contribution in [2.24, 2.45) is 0 Å². The largest absolute Gasteiger partial charge is 0.618 e. The normalized spacial score (nSPS) is 11.0. The van der Waals surface area contributed by atoms with Gasteiger partial charge in [0.25, 0.3) is 4.60 Å². The summed E-state index contributed by atoms with van der Waals surface area (Å²) in [4.78, 5) is 14.5. The first-order valence-corrected chi connectivity index (χ1v) is 8.48. The van der Waals surface area contributed by atoms with Gasteiger partial charge in [-0.15, -0.1) is 0 Å². The number of hydrogen-bond acceptors (Lipinski definition) is 7. The van der Waals surface area contributed by atoms with E-state index in [0.717, 1.165) is 28.0 Å². The first-order chi connectivity index (χ1) is 12.6. The summed E-state index contributed by atoms with van der Waals surface area (Å²) in [6, 6.07) is 2.22. The molecule has 0 saturated heterocycles. The Morgan fingerprint density at radius 1 is 1.22 bits per heavy atom. The van der Waals surface area contributed by atoms with Gasteiger partial charge in [0.1, 0.15) is 17.5 Å². The van der Waals surface area contributed by atoms with E-state index in [9.17, 15) is 25.5 Å². The highest BCUT2D eigenvalue weighted by atomic mass is 79.9. The van der Waals surface area contributed by atoms with Crippen molar-refractivity contribution in [1.29, 1.82) is 0 Å². The molecule has 10 heteroatoms. The molecule has 0 saturated carbocycles. The number of benzene rings is 1. The zero-order valence-electron chi connectivity index (χ0n) is 14.5. The lowest BCUT2D eigenvalue weighted by Gasteiger charge is -2.12. The van der Waals surface area contributed by atoms with E-state index in [4.69, 9.17) is 4.42 Å². The lowest BCUT2D eigenvalue weighted by molar-refractivity contribution is -0.623. The van der Waals surface area contributed by atoms with Crippen molar-refractivity contribution < 1.29 is 24.3 Å². The maximum Gasteiger partial charge on any atom is 0.315 e. The van der Waals surface area contributed by atoms with E-state index >= 15 is 0 Å². The number of halogens is 1. The van der Waals surface area contributed by atoms with Gasteiger partial charge in [-0.2, -0.15) is 4.73 Å². The molecule has 2 aromatic heterocycles. The Balaban J connectivity index is 2.17. The fraction of sp³-hybridized carbons (Fsp3) is 0.176. The number of oxazole rings is 1. The van der Waals surface area contributed by atoms with Crippen LogP contribution in [-0.4, -0.2) is 20.1 Å². The molecule has 27 heavy (non-hydrogen) atoms. The molecule has 0 aliphatic rings. The van der Waals surface area contributed by atoms with Crippen LogP contribution in [0, 0.1) is 36.1 Å². The quantitative estimate of drug-likeness (QED) is 0.160. The predicted molar refractivity (Wildman–Crippen MR) is 98.2 cm³/mol. The summed E-state index contributed by atoms with van der Waals surface area (Å²) in [6.45, 7) is 5.33. The van der Waals surface area contributed by atoms with Crippen molar-refractivity contribution in [2.45, 2.75) is 20.8 Å². The summed E-state index contributed by atoms with van der Waals surface area (Å²) in [5, 5.41) is 42.7. The predicted octanol–water partition coefficient (Wildman–Crippen LogP) is 3.65. The van der Waals surface area contributed by atoms with Crippen LogP contribution in [-0.2, 0) is 0 Å². The first kappa shape index (κ1) is 18.6. The van der Waals surface area contributed by atoms with Crippen LogP contribution >= 0.6 is 15.9 Å². The Kier molecular flexibility index (Phi) is 4.52. The number of nitrogens with zero attached hydrogens (tertiary/aromatic N) is 3. The van der Waals surface area contributed by atoms with Crippen LogP contribution in [0.15, 0.2) is 27.4 Å². The summed E-state index contributed by atoms with van der Waals surface area (Å²) in [7, 11) is 0. The number of aromatic hydroxyl groups is 2. The van der Waals surface area contributed by atoms with Gasteiger partial charge in [-0.1, -0.05) is 0 Å². The maximum absolute atomic E-state index is 12.3. The molecule has 0 aliphatic carbocycles. The van der Waals surface area contributed by atoms with E-state index in [1.54, 1.807) is 13.8 Å². The Hall–Kier alpha value is -3.14. The Morgan fingerprint density at radius 3 is 2.52 bits per heavy atom. The molecule has 140 valence electrons. The third kappa shape index (κ3) is 2.97. The summed E-state index contributed by atoms with van der Waals surface area (Å²) in [5.41, 5.74) is 2.28. The molecule has 3 rings (SSSR count). The van der Waals surface area contributed by atoms with Crippen molar-refractivity contribution in [1.82, 2.24) is 4.98 Å². The molecule has 0 radical (unpaired) electrons. The van der Waals surface area contributed by atoms with Gasteiger partial charge in [0.15, 0.2) is 11.4 Å². The lowest BCUT2D eigenvalue weighted by atomic mass is 10.0. The summed E-state index contributed by atoms with van der Waals surface area (Å²) in [6.07, 6.45) is 1.25. The van der Waals surface area contributed by atoms with E-state index < -0.39 is 22.1 Å². The van der Waals surface area contributed by atoms with E-state index in [2.05, 4.69) is 20.9 Å². The smallest absolute Gasteiger partial charge is 0.315 e. The number of nitro groups is 1. The van der Waals surface area contributed by atoms with E-state index in [1.165, 1.54) is 6.26 Å². The van der Waals surface area contributed by atoms with Crippen molar-refractivity contribution >= 4 is 21.6 Å². The topological polar surface area (TPSA) is 137 Å². The number of pyridine rings is 1. The average molecular weight is 436 g/mol. The van der Waals surface area contributed by atoms with E-state index in [1.807, 2.05) is 6.92 Å². The fourth-order valence-corrected chi connectivity index (χ4v) is 3.41. The molecule has 0 unspecified atom stereocenters. The first-order valence-electron chi connectivity index (χ1n) is 7.69. The van der Waals surface area contributed by atoms with Gasteiger partial charge in [-0.25, -0.2) is 4.98 Å². The molecule has 0 aliphatic heterocycles. The third-order valence-corrected chi connectivity index (χ3v) is 5.17. The Labute approximate surface area is 161 Å². The SMILES string of the molecule is Cc1c(C)c(C)[n+]([O-])c(Br)c1-c1nc(-c2cc(O)c(O)c([N+](=O)[O-])c2)co1. The average Bonchev–Trinajstić information content (AvgIpc) is 3.10. The minimum Gasteiger partial charge on any atom is -0.618 e. The second-order valence-corrected chi connectivity index (χ2v) is 6.70. The van der Waals surface area contributed by atoms with Crippen molar-refractivity contribution in [3.63, 3.8) is 0 Å². The van der Waals surface area contributed by atoms with Gasteiger partial charge in [0.05, 0.1) is 4.92 Å². The summed E-state index contributed by atoms with van der Waals surface area (Å²) in [5.74, 6) is -1.34. The highest BCUT2D eigenvalue weighted by Gasteiger charge is 2.26. The number of phenolic OH excluding ortho intramolecular Hbond substituents is 2. The Bertz CT molecular complexity index is 1060. The molecule has 0 spiro atoms. The van der Waals surface area contributed by atoms with E-state index in [0.29, 0.717) is 11.3 Å². The molecule has 0 atom stereocenters. The second-order valence-electron chi connectivity index (χ2n) is 5.95. The number of aromatic nitrogens is 2. The second kappa shape index (κ2) is 6.54. The monoisotopic (exact) mass is 435 g/mol. The van der Waals surface area contributed by atoms with Gasteiger partial charge in [-0.05, 0) is 25.5 Å². The molecule has 0 fully saturated rings. The standard InChI is InChI=1S/C17H14BrN3O6/c1-7-8(2)14(16(18)20(24)9(7)3)17-19-11(6-27-17)10-4-12(21(25)26)15(23)13(22)5-10/h4-6,22-23H,1-3H3. The number of rotatable bonds is 3. The van der Waals surface area contributed by atoms with Gasteiger partial charge >= 0.3 is 5.69 Å². The van der Waals surface area contributed by atoms with Crippen LogP contribution in [0.1, 0.15) is 16.8 Å². The lowest BCUT2D eigenvalue weighted by Crippen LogP contribution is -2.34. The van der Waals surface area contributed by atoms with Crippen molar-refractivity contribution in [2.75, 3.05) is 0 Å². The minimum atomic E-state index is -0.826. The van der Waals surface area contributed by atoms with Crippen molar-refractivity contribution in [3.05, 3.63) is 55.1 Å². The molecule has 1 aromatic carbocycles. The van der Waals surface area contributed by atoms with Crippen LogP contribution < -0.4 is 4.73 Å². The van der Waals surface area contributed by atoms with Crippen LogP contribution in [0.5, 0.6) is 11.5 Å².